The Kier molecular flexibility index (Phi) is 6.40. The molecule has 0 spiro atoms. The second-order valence-electron chi connectivity index (χ2n) is 7.60. The van der Waals surface area contributed by atoms with Crippen molar-refractivity contribution in [2.45, 2.75) is 20.3 Å². The number of anilines is 2. The van der Waals surface area contributed by atoms with Gasteiger partial charge in [0.2, 0.25) is 0 Å². The molecule has 1 aliphatic heterocycles. The average molecular weight is 410 g/mol. The van der Waals surface area contributed by atoms with Gasteiger partial charge in [0.25, 0.3) is 0 Å². The van der Waals surface area contributed by atoms with Crippen LogP contribution in [0.5, 0.6) is 5.75 Å². The Morgan fingerprint density at radius 3 is 2.73 bits per heavy atom. The summed E-state index contributed by atoms with van der Waals surface area (Å²) in [6, 6.07) is 8.91. The van der Waals surface area contributed by atoms with Crippen LogP contribution in [0.25, 0.3) is 10.9 Å². The zero-order valence-electron chi connectivity index (χ0n) is 17.4. The predicted octanol–water partition coefficient (Wildman–Crippen LogP) is 4.23. The van der Waals surface area contributed by atoms with Crippen molar-refractivity contribution in [1.29, 1.82) is 0 Å². The number of morpholine rings is 1. The number of halogens is 1. The van der Waals surface area contributed by atoms with E-state index in [4.69, 9.17) is 9.47 Å². The molecule has 3 aromatic rings. The minimum atomic E-state index is -0.225. The van der Waals surface area contributed by atoms with E-state index >= 15 is 0 Å². The lowest BCUT2D eigenvalue weighted by Crippen LogP contribution is -2.37. The third kappa shape index (κ3) is 4.86. The number of aromatic nitrogens is 2. The number of aryl methyl sites for hydroxylation is 2. The largest absolute Gasteiger partial charge is 0.493 e. The number of fused-ring (bicyclic) bond motifs is 1. The van der Waals surface area contributed by atoms with Crippen molar-refractivity contribution in [2.24, 2.45) is 0 Å². The van der Waals surface area contributed by atoms with Gasteiger partial charge in [-0.3, -0.25) is 4.90 Å². The van der Waals surface area contributed by atoms with Crippen LogP contribution in [0.4, 0.5) is 15.9 Å². The van der Waals surface area contributed by atoms with Gasteiger partial charge in [-0.15, -0.1) is 0 Å². The Balaban J connectivity index is 1.48. The molecule has 1 saturated heterocycles. The molecule has 0 bridgehead atoms. The number of rotatable bonds is 7. The van der Waals surface area contributed by atoms with E-state index in [1.54, 1.807) is 19.1 Å². The first-order valence-electron chi connectivity index (χ1n) is 10.3. The average Bonchev–Trinajstić information content (AvgIpc) is 2.75. The van der Waals surface area contributed by atoms with Gasteiger partial charge in [0.1, 0.15) is 23.7 Å². The van der Waals surface area contributed by atoms with Crippen molar-refractivity contribution in [3.63, 3.8) is 0 Å². The lowest BCUT2D eigenvalue weighted by atomic mass is 10.1. The Labute approximate surface area is 176 Å². The van der Waals surface area contributed by atoms with Gasteiger partial charge in [-0.05, 0) is 61.7 Å². The highest BCUT2D eigenvalue weighted by Crippen LogP contribution is 2.30. The number of ether oxygens (including phenoxy) is 2. The second kappa shape index (κ2) is 9.36. The lowest BCUT2D eigenvalue weighted by Gasteiger charge is -2.26. The highest BCUT2D eigenvalue weighted by Gasteiger charge is 2.12. The number of hydrogen-bond donors (Lipinski definition) is 1. The molecule has 2 aromatic carbocycles. The first kappa shape index (κ1) is 20.5. The third-order valence-electron chi connectivity index (χ3n) is 5.33. The van der Waals surface area contributed by atoms with Crippen molar-refractivity contribution in [1.82, 2.24) is 14.9 Å². The summed E-state index contributed by atoms with van der Waals surface area (Å²) in [4.78, 5) is 11.2. The maximum absolute atomic E-state index is 13.6. The van der Waals surface area contributed by atoms with E-state index in [0.29, 0.717) is 18.0 Å². The second-order valence-corrected chi connectivity index (χ2v) is 7.60. The number of hydrogen-bond acceptors (Lipinski definition) is 6. The zero-order valence-corrected chi connectivity index (χ0v) is 17.4. The molecular weight excluding hydrogens is 383 g/mol. The fraction of sp³-hybridized carbons (Fsp3) is 0.391. The fourth-order valence-electron chi connectivity index (χ4n) is 3.60. The van der Waals surface area contributed by atoms with E-state index in [0.717, 1.165) is 67.2 Å². The van der Waals surface area contributed by atoms with Gasteiger partial charge < -0.3 is 14.8 Å². The maximum atomic E-state index is 13.6. The van der Waals surface area contributed by atoms with Gasteiger partial charge in [0.15, 0.2) is 0 Å². The summed E-state index contributed by atoms with van der Waals surface area (Å²) in [5.41, 5.74) is 3.24. The number of nitrogens with zero attached hydrogens (tertiary/aromatic N) is 3. The van der Waals surface area contributed by atoms with E-state index in [1.165, 1.54) is 12.4 Å². The van der Waals surface area contributed by atoms with E-state index < -0.39 is 0 Å². The summed E-state index contributed by atoms with van der Waals surface area (Å²) in [6.45, 7) is 9.03. The molecule has 158 valence electrons. The summed E-state index contributed by atoms with van der Waals surface area (Å²) in [5.74, 6) is 1.28. The molecule has 0 aliphatic carbocycles. The monoisotopic (exact) mass is 410 g/mol. The minimum absolute atomic E-state index is 0.225. The van der Waals surface area contributed by atoms with Crippen LogP contribution < -0.4 is 10.1 Å². The first-order chi connectivity index (χ1) is 14.6. The van der Waals surface area contributed by atoms with Gasteiger partial charge in [-0.1, -0.05) is 0 Å². The van der Waals surface area contributed by atoms with Crippen molar-refractivity contribution < 1.29 is 13.9 Å². The molecule has 1 fully saturated rings. The zero-order chi connectivity index (χ0) is 20.9. The molecule has 7 heteroatoms. The van der Waals surface area contributed by atoms with Crippen LogP contribution in [-0.2, 0) is 4.74 Å². The smallest absolute Gasteiger partial charge is 0.141 e. The van der Waals surface area contributed by atoms with Crippen LogP contribution in [0, 0.1) is 19.7 Å². The Morgan fingerprint density at radius 2 is 1.93 bits per heavy atom. The highest BCUT2D eigenvalue weighted by molar-refractivity contribution is 5.92. The first-order valence-corrected chi connectivity index (χ1v) is 10.3. The van der Waals surface area contributed by atoms with Crippen LogP contribution in [0.2, 0.25) is 0 Å². The summed E-state index contributed by atoms with van der Waals surface area (Å²) in [6.07, 6.45) is 2.49. The van der Waals surface area contributed by atoms with Gasteiger partial charge in [-0.2, -0.15) is 0 Å². The highest BCUT2D eigenvalue weighted by atomic mass is 19.1. The Bertz CT molecular complexity index is 1020. The molecule has 0 unspecified atom stereocenters. The van der Waals surface area contributed by atoms with E-state index in [1.807, 2.05) is 19.1 Å². The minimum Gasteiger partial charge on any atom is -0.493 e. The van der Waals surface area contributed by atoms with Crippen molar-refractivity contribution in [3.05, 3.63) is 53.6 Å². The van der Waals surface area contributed by atoms with E-state index in [-0.39, 0.29) is 5.82 Å². The molecule has 0 radical (unpaired) electrons. The predicted molar refractivity (Wildman–Crippen MR) is 116 cm³/mol. The van der Waals surface area contributed by atoms with Crippen LogP contribution in [0.3, 0.4) is 0 Å². The molecule has 2 heterocycles. The third-order valence-corrected chi connectivity index (χ3v) is 5.33. The molecule has 6 nitrogen and oxygen atoms in total. The standard InChI is InChI=1S/C23H27FN4O2/c1-16-12-18(4-5-20(16)24)27-23-19-14-22(17(2)13-21(19)25-15-26-23)30-9-3-6-28-7-10-29-11-8-28/h4-5,12-15H,3,6-11H2,1-2H3,(H,25,26,27). The normalized spacial score (nSPS) is 14.8. The van der Waals surface area contributed by atoms with Gasteiger partial charge in [0.05, 0.1) is 25.3 Å². The van der Waals surface area contributed by atoms with E-state index in [2.05, 4.69) is 20.2 Å². The van der Waals surface area contributed by atoms with Crippen molar-refractivity contribution in [2.75, 3.05) is 44.8 Å². The molecule has 0 atom stereocenters. The molecule has 0 saturated carbocycles. The quantitative estimate of drug-likeness (QED) is 0.588. The molecule has 0 amide bonds. The van der Waals surface area contributed by atoms with Crippen LogP contribution in [0.1, 0.15) is 17.5 Å². The summed E-state index contributed by atoms with van der Waals surface area (Å²) in [7, 11) is 0. The topological polar surface area (TPSA) is 59.5 Å². The van der Waals surface area contributed by atoms with Crippen LogP contribution in [-0.4, -0.2) is 54.3 Å². The van der Waals surface area contributed by atoms with Crippen molar-refractivity contribution >= 4 is 22.4 Å². The number of benzene rings is 2. The summed E-state index contributed by atoms with van der Waals surface area (Å²) < 4.78 is 25.0. The lowest BCUT2D eigenvalue weighted by molar-refractivity contribution is 0.0358. The molecule has 1 N–H and O–H groups in total. The molecule has 1 aromatic heterocycles. The van der Waals surface area contributed by atoms with Crippen molar-refractivity contribution in [3.8, 4) is 5.75 Å². The maximum Gasteiger partial charge on any atom is 0.141 e. The Hall–Kier alpha value is -2.77. The molecular formula is C23H27FN4O2. The van der Waals surface area contributed by atoms with Gasteiger partial charge in [0, 0.05) is 30.7 Å². The van der Waals surface area contributed by atoms with Gasteiger partial charge in [-0.25, -0.2) is 14.4 Å². The van der Waals surface area contributed by atoms with Crippen LogP contribution in [0.15, 0.2) is 36.7 Å². The van der Waals surface area contributed by atoms with Gasteiger partial charge >= 0.3 is 0 Å². The summed E-state index contributed by atoms with van der Waals surface area (Å²) in [5, 5.41) is 4.15. The number of nitrogens with one attached hydrogen (secondary N) is 1. The SMILES string of the molecule is Cc1cc(Nc2ncnc3cc(C)c(OCCCN4CCOCC4)cc23)ccc1F. The Morgan fingerprint density at radius 1 is 1.10 bits per heavy atom. The molecule has 1 aliphatic rings. The van der Waals surface area contributed by atoms with E-state index in [9.17, 15) is 4.39 Å². The van der Waals surface area contributed by atoms with Crippen LogP contribution >= 0.6 is 0 Å². The summed E-state index contributed by atoms with van der Waals surface area (Å²) >= 11 is 0. The molecule has 4 rings (SSSR count). The fourth-order valence-corrected chi connectivity index (χ4v) is 3.60. The molecule has 30 heavy (non-hydrogen) atoms.